The molecular formula is C20H30N2O. The number of benzene rings is 1. The third-order valence-electron chi connectivity index (χ3n) is 5.68. The molecule has 3 nitrogen and oxygen atoms in total. The summed E-state index contributed by atoms with van der Waals surface area (Å²) in [5, 5.41) is 3.23. The predicted molar refractivity (Wildman–Crippen MR) is 94.4 cm³/mol. The monoisotopic (exact) mass is 314 g/mol. The van der Waals surface area contributed by atoms with Crippen LogP contribution in [0.5, 0.6) is 0 Å². The van der Waals surface area contributed by atoms with E-state index in [1.165, 1.54) is 36.8 Å². The van der Waals surface area contributed by atoms with Gasteiger partial charge < -0.3 is 10.2 Å². The molecule has 0 radical (unpaired) electrons. The Morgan fingerprint density at radius 2 is 1.87 bits per heavy atom. The van der Waals surface area contributed by atoms with Gasteiger partial charge in [-0.2, -0.15) is 0 Å². The summed E-state index contributed by atoms with van der Waals surface area (Å²) < 4.78 is 0. The Labute approximate surface area is 140 Å². The van der Waals surface area contributed by atoms with Crippen molar-refractivity contribution in [2.45, 2.75) is 44.9 Å². The highest BCUT2D eigenvalue weighted by molar-refractivity contribution is 5.76. The number of rotatable bonds is 5. The van der Waals surface area contributed by atoms with Crippen LogP contribution in [0.15, 0.2) is 24.3 Å². The van der Waals surface area contributed by atoms with E-state index < -0.39 is 0 Å². The minimum atomic E-state index is 0.390. The highest BCUT2D eigenvalue weighted by Crippen LogP contribution is 2.29. The lowest BCUT2D eigenvalue weighted by atomic mass is 9.82. The number of aryl methyl sites for hydroxylation is 1. The number of likely N-dealkylation sites (tertiary alicyclic amines) is 1. The van der Waals surface area contributed by atoms with Crippen LogP contribution in [0.2, 0.25) is 0 Å². The molecule has 1 aliphatic heterocycles. The van der Waals surface area contributed by atoms with Gasteiger partial charge in [0.15, 0.2) is 0 Å². The number of carbonyl (C=O) groups is 1. The molecule has 0 spiro atoms. The second-order valence-corrected chi connectivity index (χ2v) is 7.30. The number of carbonyl (C=O) groups excluding carboxylic acids is 1. The second-order valence-electron chi connectivity index (χ2n) is 7.30. The molecular weight excluding hydrogens is 284 g/mol. The lowest BCUT2D eigenvalue weighted by Gasteiger charge is -2.33. The van der Waals surface area contributed by atoms with E-state index in [0.717, 1.165) is 44.8 Å². The lowest BCUT2D eigenvalue weighted by Crippen LogP contribution is -2.40. The molecule has 1 saturated heterocycles. The van der Waals surface area contributed by atoms with Crippen molar-refractivity contribution in [2.24, 2.45) is 11.8 Å². The largest absolute Gasteiger partial charge is 0.343 e. The maximum absolute atomic E-state index is 12.6. The Bertz CT molecular complexity index is 520. The Balaban J connectivity index is 1.45. The Kier molecular flexibility index (Phi) is 5.71. The van der Waals surface area contributed by atoms with Gasteiger partial charge in [-0.3, -0.25) is 4.79 Å². The Morgan fingerprint density at radius 3 is 2.61 bits per heavy atom. The summed E-state index contributed by atoms with van der Waals surface area (Å²) in [6, 6.07) is 8.73. The van der Waals surface area contributed by atoms with Crippen molar-refractivity contribution in [1.82, 2.24) is 10.2 Å². The minimum absolute atomic E-state index is 0.390. The van der Waals surface area contributed by atoms with Crippen LogP contribution in [0.4, 0.5) is 0 Å². The van der Waals surface area contributed by atoms with E-state index in [2.05, 4.69) is 34.5 Å². The second kappa shape index (κ2) is 7.96. The molecule has 1 unspecified atom stereocenters. The van der Waals surface area contributed by atoms with Crippen LogP contribution in [0.1, 0.15) is 43.2 Å². The van der Waals surface area contributed by atoms with Gasteiger partial charge in [0.05, 0.1) is 0 Å². The molecule has 1 fully saturated rings. The van der Waals surface area contributed by atoms with Gasteiger partial charge in [-0.15, -0.1) is 0 Å². The predicted octanol–water partition coefficient (Wildman–Crippen LogP) is 3.03. The normalized spacial score (nSPS) is 22.0. The van der Waals surface area contributed by atoms with Gasteiger partial charge in [0.2, 0.25) is 5.91 Å². The first-order valence-electron chi connectivity index (χ1n) is 9.25. The number of hydrogen-bond acceptors (Lipinski definition) is 2. The summed E-state index contributed by atoms with van der Waals surface area (Å²) in [5.74, 6) is 1.73. The van der Waals surface area contributed by atoms with E-state index in [4.69, 9.17) is 0 Å². The van der Waals surface area contributed by atoms with Crippen molar-refractivity contribution in [3.63, 3.8) is 0 Å². The van der Waals surface area contributed by atoms with Gasteiger partial charge in [-0.05, 0) is 75.1 Å². The molecule has 2 aliphatic rings. The fourth-order valence-electron chi connectivity index (χ4n) is 4.14. The number of amides is 1. The van der Waals surface area contributed by atoms with Crippen molar-refractivity contribution in [3.8, 4) is 0 Å². The maximum Gasteiger partial charge on any atom is 0.222 e. The number of fused-ring (bicyclic) bond motifs is 1. The molecule has 0 bridgehead atoms. The quantitative estimate of drug-likeness (QED) is 0.906. The molecule has 1 aromatic carbocycles. The third kappa shape index (κ3) is 4.35. The maximum atomic E-state index is 12.6. The molecule has 1 heterocycles. The molecule has 0 saturated carbocycles. The fourth-order valence-corrected chi connectivity index (χ4v) is 4.14. The van der Waals surface area contributed by atoms with Crippen molar-refractivity contribution < 1.29 is 4.79 Å². The topological polar surface area (TPSA) is 32.3 Å². The molecule has 1 atom stereocenters. The summed E-state index contributed by atoms with van der Waals surface area (Å²) in [6.07, 6.45) is 7.75. The standard InChI is InChI=1S/C20H30N2O/c1-21-11-8-16-9-12-22(13-10-16)20(23)15-17-6-7-18-4-2-3-5-19(18)14-17/h2-5,16-17,21H,6-15H2,1H3. The van der Waals surface area contributed by atoms with Gasteiger partial charge in [0.25, 0.3) is 0 Å². The molecule has 23 heavy (non-hydrogen) atoms. The molecule has 1 aliphatic carbocycles. The SMILES string of the molecule is CNCCC1CCN(C(=O)CC2CCc3ccccc3C2)CC1. The molecule has 3 rings (SSSR count). The number of nitrogens with zero attached hydrogens (tertiary/aromatic N) is 1. The Hall–Kier alpha value is -1.35. The smallest absolute Gasteiger partial charge is 0.222 e. The minimum Gasteiger partial charge on any atom is -0.343 e. The van der Waals surface area contributed by atoms with Gasteiger partial charge in [0.1, 0.15) is 0 Å². The van der Waals surface area contributed by atoms with E-state index in [1.807, 2.05) is 7.05 Å². The summed E-state index contributed by atoms with van der Waals surface area (Å²) in [5.41, 5.74) is 2.95. The fraction of sp³-hybridized carbons (Fsp3) is 0.650. The van der Waals surface area contributed by atoms with Gasteiger partial charge in [0, 0.05) is 19.5 Å². The van der Waals surface area contributed by atoms with Crippen molar-refractivity contribution in [3.05, 3.63) is 35.4 Å². The van der Waals surface area contributed by atoms with Crippen molar-refractivity contribution in [1.29, 1.82) is 0 Å². The van der Waals surface area contributed by atoms with Crippen LogP contribution in [0.3, 0.4) is 0 Å². The summed E-state index contributed by atoms with van der Waals surface area (Å²) in [4.78, 5) is 14.7. The molecule has 1 N–H and O–H groups in total. The first-order valence-corrected chi connectivity index (χ1v) is 9.25. The summed E-state index contributed by atoms with van der Waals surface area (Å²) >= 11 is 0. The molecule has 3 heteroatoms. The summed E-state index contributed by atoms with van der Waals surface area (Å²) in [7, 11) is 2.01. The van der Waals surface area contributed by atoms with Gasteiger partial charge in [-0.1, -0.05) is 24.3 Å². The highest BCUT2D eigenvalue weighted by Gasteiger charge is 2.26. The van der Waals surface area contributed by atoms with Crippen LogP contribution in [-0.4, -0.2) is 37.5 Å². The summed E-state index contributed by atoms with van der Waals surface area (Å²) in [6.45, 7) is 3.03. The van der Waals surface area contributed by atoms with Crippen LogP contribution < -0.4 is 5.32 Å². The van der Waals surface area contributed by atoms with E-state index in [1.54, 1.807) is 0 Å². The van der Waals surface area contributed by atoms with Crippen molar-refractivity contribution >= 4 is 5.91 Å². The van der Waals surface area contributed by atoms with E-state index in [0.29, 0.717) is 11.8 Å². The van der Waals surface area contributed by atoms with Gasteiger partial charge in [-0.25, -0.2) is 0 Å². The lowest BCUT2D eigenvalue weighted by molar-refractivity contribution is -0.133. The van der Waals surface area contributed by atoms with Gasteiger partial charge >= 0.3 is 0 Å². The van der Waals surface area contributed by atoms with Crippen LogP contribution >= 0.6 is 0 Å². The number of hydrogen-bond donors (Lipinski definition) is 1. The first kappa shape index (κ1) is 16.5. The molecule has 1 aromatic rings. The van der Waals surface area contributed by atoms with Crippen LogP contribution in [0, 0.1) is 11.8 Å². The van der Waals surface area contributed by atoms with Crippen LogP contribution in [0.25, 0.3) is 0 Å². The first-order chi connectivity index (χ1) is 11.3. The average molecular weight is 314 g/mol. The average Bonchev–Trinajstić information content (AvgIpc) is 2.60. The zero-order chi connectivity index (χ0) is 16.1. The van der Waals surface area contributed by atoms with E-state index >= 15 is 0 Å². The molecule has 1 amide bonds. The molecule has 0 aromatic heterocycles. The van der Waals surface area contributed by atoms with Crippen molar-refractivity contribution in [2.75, 3.05) is 26.7 Å². The number of nitrogens with one attached hydrogen (secondary N) is 1. The zero-order valence-electron chi connectivity index (χ0n) is 14.4. The third-order valence-corrected chi connectivity index (χ3v) is 5.68. The zero-order valence-corrected chi connectivity index (χ0v) is 14.4. The highest BCUT2D eigenvalue weighted by atomic mass is 16.2. The Morgan fingerprint density at radius 1 is 1.13 bits per heavy atom. The van der Waals surface area contributed by atoms with Crippen LogP contribution in [-0.2, 0) is 17.6 Å². The molecule has 126 valence electrons. The number of piperidine rings is 1. The van der Waals surface area contributed by atoms with E-state index in [-0.39, 0.29) is 0 Å². The van der Waals surface area contributed by atoms with E-state index in [9.17, 15) is 4.79 Å².